The number of carboxylic acid groups (broad SMARTS) is 1. The minimum atomic E-state index is -1.05. The van der Waals surface area contributed by atoms with Crippen molar-refractivity contribution < 1.29 is 14.7 Å². The molecule has 0 unspecified atom stereocenters. The number of rotatable bonds is 5. The smallest absolute Gasteiger partial charge is 0.326 e. The molecule has 7 heteroatoms. The molecule has 2 N–H and O–H groups in total. The molecule has 0 saturated heterocycles. The Bertz CT molecular complexity index is 640. The molecule has 6 nitrogen and oxygen atoms in total. The van der Waals surface area contributed by atoms with E-state index in [0.717, 1.165) is 0 Å². The van der Waals surface area contributed by atoms with Crippen LogP contribution >= 0.6 is 11.3 Å². The lowest BCUT2D eigenvalue weighted by Crippen LogP contribution is -2.44. The predicted octanol–water partition coefficient (Wildman–Crippen LogP) is 2.04. The summed E-state index contributed by atoms with van der Waals surface area (Å²) in [6.07, 6.45) is 3.08. The number of nitrogens with one attached hydrogen (secondary N) is 1. The van der Waals surface area contributed by atoms with Crippen molar-refractivity contribution >= 4 is 23.2 Å². The molecule has 2 rings (SSSR count). The first-order valence-electron chi connectivity index (χ1n) is 6.40. The van der Waals surface area contributed by atoms with E-state index in [9.17, 15) is 9.59 Å². The van der Waals surface area contributed by atoms with Crippen molar-refractivity contribution in [3.8, 4) is 10.7 Å². The van der Waals surface area contributed by atoms with Crippen molar-refractivity contribution in [3.05, 3.63) is 35.5 Å². The van der Waals surface area contributed by atoms with Gasteiger partial charge in [-0.2, -0.15) is 0 Å². The number of carbonyl (C=O) groups is 2. The summed E-state index contributed by atoms with van der Waals surface area (Å²) in [5.74, 6) is -1.68. The van der Waals surface area contributed by atoms with Crippen LogP contribution in [0, 0.1) is 5.92 Å². The van der Waals surface area contributed by atoms with E-state index >= 15 is 0 Å². The Morgan fingerprint density at radius 1 is 1.29 bits per heavy atom. The summed E-state index contributed by atoms with van der Waals surface area (Å²) in [7, 11) is 0. The van der Waals surface area contributed by atoms with Crippen LogP contribution in [0.5, 0.6) is 0 Å². The fraction of sp³-hybridized carbons (Fsp3) is 0.286. The zero-order valence-electron chi connectivity index (χ0n) is 11.6. The molecule has 0 aliphatic heterocycles. The monoisotopic (exact) mass is 305 g/mol. The molecule has 0 bridgehead atoms. The average Bonchev–Trinajstić information content (AvgIpc) is 2.94. The van der Waals surface area contributed by atoms with Crippen molar-refractivity contribution in [1.29, 1.82) is 0 Å². The van der Waals surface area contributed by atoms with Gasteiger partial charge in [-0.3, -0.25) is 9.78 Å². The summed E-state index contributed by atoms with van der Waals surface area (Å²) >= 11 is 1.18. The highest BCUT2D eigenvalue weighted by atomic mass is 32.1. The van der Waals surface area contributed by atoms with Gasteiger partial charge in [-0.25, -0.2) is 9.78 Å². The van der Waals surface area contributed by atoms with E-state index in [-0.39, 0.29) is 5.92 Å². The number of pyridine rings is 1. The third-order valence-electron chi connectivity index (χ3n) is 2.83. The molecule has 1 atom stereocenters. The van der Waals surface area contributed by atoms with Crippen LogP contribution < -0.4 is 5.32 Å². The number of carbonyl (C=O) groups excluding carboxylic acids is 1. The maximum absolute atomic E-state index is 12.1. The highest BCUT2D eigenvalue weighted by Gasteiger charge is 2.24. The first-order valence-corrected chi connectivity index (χ1v) is 7.21. The van der Waals surface area contributed by atoms with Gasteiger partial charge in [0, 0.05) is 6.20 Å². The van der Waals surface area contributed by atoms with Crippen LogP contribution in [0.15, 0.2) is 30.6 Å². The molecule has 0 fully saturated rings. The molecule has 21 heavy (non-hydrogen) atoms. The third-order valence-corrected chi connectivity index (χ3v) is 3.85. The number of amides is 1. The molecule has 0 aromatic carbocycles. The second-order valence-electron chi connectivity index (χ2n) is 4.78. The van der Waals surface area contributed by atoms with E-state index in [1.807, 2.05) is 6.07 Å². The molecule has 1 amide bonds. The lowest BCUT2D eigenvalue weighted by Gasteiger charge is -2.16. The van der Waals surface area contributed by atoms with Crippen LogP contribution in [0.4, 0.5) is 0 Å². The highest BCUT2D eigenvalue weighted by Crippen LogP contribution is 2.23. The maximum Gasteiger partial charge on any atom is 0.326 e. The lowest BCUT2D eigenvalue weighted by atomic mass is 10.0. The molecule has 0 aliphatic rings. The molecule has 0 spiro atoms. The summed E-state index contributed by atoms with van der Waals surface area (Å²) in [6, 6.07) is 4.51. The second kappa shape index (κ2) is 6.45. The van der Waals surface area contributed by atoms with Gasteiger partial charge in [0.05, 0.1) is 11.9 Å². The van der Waals surface area contributed by atoms with Gasteiger partial charge >= 0.3 is 5.97 Å². The first-order chi connectivity index (χ1) is 9.99. The van der Waals surface area contributed by atoms with E-state index in [2.05, 4.69) is 15.3 Å². The molecule has 2 aromatic rings. The number of hydrogen-bond acceptors (Lipinski definition) is 5. The largest absolute Gasteiger partial charge is 0.480 e. The van der Waals surface area contributed by atoms with Crippen LogP contribution in [-0.2, 0) is 4.79 Å². The summed E-state index contributed by atoms with van der Waals surface area (Å²) in [6.45, 7) is 3.48. The minimum absolute atomic E-state index is 0.199. The van der Waals surface area contributed by atoms with Crippen LogP contribution in [-0.4, -0.2) is 33.0 Å². The summed E-state index contributed by atoms with van der Waals surface area (Å²) in [4.78, 5) is 31.9. The van der Waals surface area contributed by atoms with Gasteiger partial charge < -0.3 is 10.4 Å². The van der Waals surface area contributed by atoms with Gasteiger partial charge in [0.2, 0.25) is 0 Å². The maximum atomic E-state index is 12.1. The average molecular weight is 305 g/mol. The molecule has 2 aromatic heterocycles. The molecular weight excluding hydrogens is 290 g/mol. The highest BCUT2D eigenvalue weighted by molar-refractivity contribution is 7.16. The van der Waals surface area contributed by atoms with Crippen molar-refractivity contribution in [2.45, 2.75) is 19.9 Å². The zero-order valence-corrected chi connectivity index (χ0v) is 12.4. The third kappa shape index (κ3) is 3.63. The number of hydrogen-bond donors (Lipinski definition) is 2. The number of thiazole rings is 1. The molecule has 2 heterocycles. The van der Waals surface area contributed by atoms with Gasteiger partial charge in [-0.05, 0) is 18.1 Å². The normalized spacial score (nSPS) is 12.1. The quantitative estimate of drug-likeness (QED) is 0.882. The van der Waals surface area contributed by atoms with E-state index < -0.39 is 17.9 Å². The second-order valence-corrected chi connectivity index (χ2v) is 5.81. The zero-order chi connectivity index (χ0) is 15.4. The molecule has 0 aliphatic carbocycles. The minimum Gasteiger partial charge on any atom is -0.480 e. The summed E-state index contributed by atoms with van der Waals surface area (Å²) in [5, 5.41) is 12.2. The standard InChI is InChI=1S/C14H15N3O3S/c1-8(2)11(14(19)20)17-12(18)10-7-16-13(21-10)9-5-3-4-6-15-9/h3-8,11H,1-2H3,(H,17,18)(H,19,20)/t11-/m0/s1. The first kappa shape index (κ1) is 15.1. The number of nitrogens with zero attached hydrogens (tertiary/aromatic N) is 2. The Hall–Kier alpha value is -2.28. The SMILES string of the molecule is CC(C)[C@H](NC(=O)c1cnc(-c2ccccn2)s1)C(=O)O. The van der Waals surface area contributed by atoms with Gasteiger partial charge in [-0.15, -0.1) is 11.3 Å². The van der Waals surface area contributed by atoms with Crippen molar-refractivity contribution in [2.75, 3.05) is 0 Å². The van der Waals surface area contributed by atoms with Crippen molar-refractivity contribution in [2.24, 2.45) is 5.92 Å². The lowest BCUT2D eigenvalue weighted by molar-refractivity contribution is -0.140. The Kier molecular flexibility index (Phi) is 4.64. The van der Waals surface area contributed by atoms with Gasteiger partial charge in [0.1, 0.15) is 15.9 Å². The van der Waals surface area contributed by atoms with Gasteiger partial charge in [-0.1, -0.05) is 19.9 Å². The molecular formula is C14H15N3O3S. The van der Waals surface area contributed by atoms with E-state index in [1.54, 1.807) is 32.2 Å². The van der Waals surface area contributed by atoms with Gasteiger partial charge in [0.15, 0.2) is 0 Å². The molecule has 110 valence electrons. The van der Waals surface area contributed by atoms with E-state index in [1.165, 1.54) is 17.5 Å². The Morgan fingerprint density at radius 3 is 2.62 bits per heavy atom. The van der Waals surface area contributed by atoms with Crippen molar-refractivity contribution in [1.82, 2.24) is 15.3 Å². The Balaban J connectivity index is 2.14. The number of aromatic nitrogens is 2. The molecule has 0 saturated carbocycles. The molecule has 0 radical (unpaired) electrons. The van der Waals surface area contributed by atoms with E-state index in [4.69, 9.17) is 5.11 Å². The predicted molar refractivity (Wildman–Crippen MR) is 79.1 cm³/mol. The summed E-state index contributed by atoms with van der Waals surface area (Å²) < 4.78 is 0. The van der Waals surface area contributed by atoms with Crippen LogP contribution in [0.1, 0.15) is 23.5 Å². The fourth-order valence-corrected chi connectivity index (χ4v) is 2.51. The van der Waals surface area contributed by atoms with Crippen LogP contribution in [0.3, 0.4) is 0 Å². The number of aliphatic carboxylic acids is 1. The van der Waals surface area contributed by atoms with E-state index in [0.29, 0.717) is 15.6 Å². The van der Waals surface area contributed by atoms with Crippen molar-refractivity contribution in [3.63, 3.8) is 0 Å². The summed E-state index contributed by atoms with van der Waals surface area (Å²) in [5.41, 5.74) is 0.681. The Labute approximate surface area is 125 Å². The fourth-order valence-electron chi connectivity index (χ4n) is 1.71. The van der Waals surface area contributed by atoms with Crippen LogP contribution in [0.25, 0.3) is 10.7 Å². The topological polar surface area (TPSA) is 92.2 Å². The van der Waals surface area contributed by atoms with Crippen LogP contribution in [0.2, 0.25) is 0 Å². The number of carboxylic acids is 1. The van der Waals surface area contributed by atoms with Gasteiger partial charge in [0.25, 0.3) is 5.91 Å². The Morgan fingerprint density at radius 2 is 2.05 bits per heavy atom.